The van der Waals surface area contributed by atoms with Crippen LogP contribution < -0.4 is 0 Å². The van der Waals surface area contributed by atoms with Gasteiger partial charge in [0.25, 0.3) is 5.95 Å². The number of ether oxygens (including phenoxy) is 2. The van der Waals surface area contributed by atoms with Crippen LogP contribution in [-0.4, -0.2) is 29.5 Å². The van der Waals surface area contributed by atoms with Gasteiger partial charge in [-0.15, -0.1) is 0 Å². The van der Waals surface area contributed by atoms with Crippen molar-refractivity contribution in [3.05, 3.63) is 12.0 Å². The third kappa shape index (κ3) is 24.7. The Hall–Kier alpha value is -0.266. The lowest BCUT2D eigenvalue weighted by atomic mass is 10.7. The molecule has 0 aromatic carbocycles. The largest absolute Gasteiger partial charge is 0.466 e. The Balaban J connectivity index is -0.0000000750. The first-order chi connectivity index (χ1) is 7.20. The molecule has 0 saturated carbocycles. The summed E-state index contributed by atoms with van der Waals surface area (Å²) in [5, 5.41) is 0. The molecule has 0 fully saturated rings. The van der Waals surface area contributed by atoms with E-state index in [-0.39, 0.29) is 44.6 Å². The molecule has 0 aliphatic heterocycles. The summed E-state index contributed by atoms with van der Waals surface area (Å²) in [5.41, 5.74) is 0. The van der Waals surface area contributed by atoms with Crippen LogP contribution in [0, 0.1) is 0 Å². The highest BCUT2D eigenvalue weighted by molar-refractivity contribution is 6.84. The Labute approximate surface area is 146 Å². The second-order valence-electron chi connectivity index (χ2n) is 5.30. The molecule has 0 aliphatic rings. The minimum atomic E-state index is -1.73. The molecule has 0 spiro atoms. The molecule has 0 radical (unpaired) electrons. The molecule has 0 heterocycles. The van der Waals surface area contributed by atoms with Gasteiger partial charge in [-0.3, -0.25) is 0 Å². The van der Waals surface area contributed by atoms with E-state index in [1.165, 1.54) is 0 Å². The highest BCUT2D eigenvalue weighted by Gasteiger charge is 2.30. The molecule has 0 amide bonds. The molecule has 22 heavy (non-hydrogen) atoms. The fraction of sp³-hybridized carbons (Fsp3) is 0.882. The van der Waals surface area contributed by atoms with E-state index in [1.807, 2.05) is 19.9 Å². The van der Waals surface area contributed by atoms with E-state index in [9.17, 15) is 0 Å². The summed E-state index contributed by atoms with van der Waals surface area (Å²) in [6, 6.07) is 0. The van der Waals surface area contributed by atoms with Gasteiger partial charge in [0, 0.05) is 0 Å². The molecule has 0 N–H and O–H groups in total. The average molecular weight is 359 g/mol. The van der Waals surface area contributed by atoms with Crippen LogP contribution in [0.25, 0.3) is 0 Å². The zero-order valence-corrected chi connectivity index (χ0v) is 13.7. The second kappa shape index (κ2) is 18.8. The zero-order valence-electron chi connectivity index (χ0n) is 11.7. The molecule has 0 atom stereocenters. The van der Waals surface area contributed by atoms with Crippen molar-refractivity contribution in [2.45, 2.75) is 91.1 Å². The molecule has 0 bridgehead atoms. The molecule has 0 rings (SSSR count). The first-order valence-electron chi connectivity index (χ1n) is 5.82. The fourth-order valence-corrected chi connectivity index (χ4v) is 8.81. The Morgan fingerprint density at radius 2 is 1.23 bits per heavy atom. The van der Waals surface area contributed by atoms with Gasteiger partial charge in [0.2, 0.25) is 8.32 Å². The first kappa shape index (κ1) is 43.0. The summed E-state index contributed by atoms with van der Waals surface area (Å²) >= 11 is 0. The lowest BCUT2D eigenvalue weighted by Crippen LogP contribution is -2.46. The van der Waals surface area contributed by atoms with Crippen LogP contribution in [0.3, 0.4) is 0 Å². The van der Waals surface area contributed by atoms with Crippen LogP contribution in [0.2, 0.25) is 32.7 Å². The van der Waals surface area contributed by atoms with Gasteiger partial charge in [-0.25, -0.2) is 0 Å². The molecule has 144 valence electrons. The maximum Gasteiger partial charge on any atom is 0.274 e. The van der Waals surface area contributed by atoms with Crippen molar-refractivity contribution in [2.24, 2.45) is 0 Å². The Morgan fingerprint density at radius 3 is 1.50 bits per heavy atom. The summed E-state index contributed by atoms with van der Waals surface area (Å²) < 4.78 is 17.1. The molecule has 0 saturated heterocycles. The number of allylic oxidation sites excluding steroid dienone is 1. The molecule has 0 aromatic rings. The highest BCUT2D eigenvalue weighted by Crippen LogP contribution is 2.15. The molecular formula is C17H50O3Si2. The topological polar surface area (TPSA) is 27.7 Å². The molecule has 3 nitrogen and oxygen atoms in total. The van der Waals surface area contributed by atoms with Crippen LogP contribution in [0.4, 0.5) is 0 Å². The van der Waals surface area contributed by atoms with Gasteiger partial charge < -0.3 is 13.6 Å². The highest BCUT2D eigenvalue weighted by atomic mass is 28.4. The van der Waals surface area contributed by atoms with Crippen molar-refractivity contribution >= 4 is 16.6 Å². The maximum atomic E-state index is 6.17. The predicted molar refractivity (Wildman–Crippen MR) is 114 cm³/mol. The maximum absolute atomic E-state index is 6.17. The van der Waals surface area contributed by atoms with Crippen molar-refractivity contribution in [3.8, 4) is 0 Å². The van der Waals surface area contributed by atoms with Crippen molar-refractivity contribution in [1.82, 2.24) is 0 Å². The Bertz CT molecular complexity index is 235. The third-order valence-corrected chi connectivity index (χ3v) is 7.17. The van der Waals surface area contributed by atoms with E-state index in [2.05, 4.69) is 32.7 Å². The quantitative estimate of drug-likeness (QED) is 0.352. The van der Waals surface area contributed by atoms with E-state index >= 15 is 0 Å². The molecule has 5 heteroatoms. The number of hydrogen-bond acceptors (Lipinski definition) is 3. The van der Waals surface area contributed by atoms with Crippen LogP contribution in [0.1, 0.15) is 58.4 Å². The van der Waals surface area contributed by atoms with Crippen LogP contribution in [-0.2, 0) is 13.6 Å². The number of hydrogen-bond donors (Lipinski definition) is 0. The van der Waals surface area contributed by atoms with Gasteiger partial charge in [0.05, 0.1) is 6.61 Å². The van der Waals surface area contributed by atoms with Crippen molar-refractivity contribution in [1.29, 1.82) is 0 Å². The van der Waals surface area contributed by atoms with Crippen molar-refractivity contribution in [2.75, 3.05) is 12.8 Å². The summed E-state index contributed by atoms with van der Waals surface area (Å²) in [6.45, 7) is 15.5. The van der Waals surface area contributed by atoms with Crippen molar-refractivity contribution in [3.63, 3.8) is 0 Å². The lowest BCUT2D eigenvalue weighted by molar-refractivity contribution is 0.0546. The van der Waals surface area contributed by atoms with Gasteiger partial charge in [-0.05, 0) is 52.7 Å². The van der Waals surface area contributed by atoms with Crippen molar-refractivity contribution < 1.29 is 13.6 Å². The SMILES string of the molecule is C.C.C.C.C.C.C/C=C(\OCC)OC[Si](C)(C)O[Si](C)(C)C. The minimum absolute atomic E-state index is 0. The molecule has 0 unspecified atom stereocenters. The summed E-state index contributed by atoms with van der Waals surface area (Å²) in [6.07, 6.45) is 2.50. The molecular weight excluding hydrogens is 308 g/mol. The van der Waals surface area contributed by atoms with Gasteiger partial charge in [-0.2, -0.15) is 0 Å². The van der Waals surface area contributed by atoms with E-state index in [0.717, 1.165) is 0 Å². The van der Waals surface area contributed by atoms with E-state index in [1.54, 1.807) is 0 Å². The zero-order chi connectivity index (χ0) is 12.8. The monoisotopic (exact) mass is 358 g/mol. The van der Waals surface area contributed by atoms with Crippen LogP contribution in [0.5, 0.6) is 0 Å². The molecule has 0 aliphatic carbocycles. The average Bonchev–Trinajstić information content (AvgIpc) is 2.08. The summed E-state index contributed by atoms with van der Waals surface area (Å²) in [7, 11) is -3.20. The van der Waals surface area contributed by atoms with E-state index < -0.39 is 16.6 Å². The minimum Gasteiger partial charge on any atom is -0.466 e. The Morgan fingerprint density at radius 1 is 0.818 bits per heavy atom. The van der Waals surface area contributed by atoms with Gasteiger partial charge in [-0.1, -0.05) is 44.6 Å². The lowest BCUT2D eigenvalue weighted by Gasteiger charge is -2.31. The Kier molecular flexibility index (Phi) is 36.7. The second-order valence-corrected chi connectivity index (χ2v) is 14.2. The third-order valence-electron chi connectivity index (χ3n) is 1.67. The smallest absolute Gasteiger partial charge is 0.274 e. The summed E-state index contributed by atoms with van der Waals surface area (Å²) in [5.74, 6) is 0.613. The van der Waals surface area contributed by atoms with Crippen LogP contribution >= 0.6 is 0 Å². The van der Waals surface area contributed by atoms with Gasteiger partial charge in [0.1, 0.15) is 6.23 Å². The van der Waals surface area contributed by atoms with Gasteiger partial charge in [0.15, 0.2) is 8.32 Å². The van der Waals surface area contributed by atoms with E-state index in [0.29, 0.717) is 18.8 Å². The van der Waals surface area contributed by atoms with Gasteiger partial charge >= 0.3 is 0 Å². The van der Waals surface area contributed by atoms with E-state index in [4.69, 9.17) is 13.6 Å². The van der Waals surface area contributed by atoms with Crippen LogP contribution in [0.15, 0.2) is 12.0 Å². The predicted octanol–water partition coefficient (Wildman–Crippen LogP) is 7.31. The molecule has 0 aromatic heterocycles. The first-order valence-corrected chi connectivity index (χ1v) is 12.3. The normalized spacial score (nSPS) is 10.0. The number of rotatable bonds is 7. The fourth-order valence-electron chi connectivity index (χ4n) is 1.45. The summed E-state index contributed by atoms with van der Waals surface area (Å²) in [4.78, 5) is 0. The standard InChI is InChI=1S/C11H26O3Si2.6CH4/c1-8-11(12-9-2)13-10-16(6,7)14-15(3,4)5;;;;;;/h8H,9-10H2,1-7H3;6*1H4/b11-8+;;;;;;.